The number of carboxylic acids is 1. The lowest BCUT2D eigenvalue weighted by Crippen LogP contribution is -2.42. The van der Waals surface area contributed by atoms with E-state index in [1.807, 2.05) is 53.8 Å². The van der Waals surface area contributed by atoms with Gasteiger partial charge < -0.3 is 25.2 Å². The van der Waals surface area contributed by atoms with Crippen LogP contribution >= 0.6 is 0 Å². The molecule has 182 valence electrons. The molecule has 1 unspecified atom stereocenters. The molecule has 34 heavy (non-hydrogen) atoms. The third kappa shape index (κ3) is 6.25. The molecule has 0 bridgehead atoms. The van der Waals surface area contributed by atoms with Gasteiger partial charge in [0.25, 0.3) is 0 Å². The van der Waals surface area contributed by atoms with Crippen LogP contribution in [-0.2, 0) is 19.1 Å². The highest BCUT2D eigenvalue weighted by Crippen LogP contribution is 2.44. The van der Waals surface area contributed by atoms with Gasteiger partial charge in [-0.2, -0.15) is 13.2 Å². The molecular formula is C23H23F3N2O6. The van der Waals surface area contributed by atoms with E-state index in [1.165, 1.54) is 0 Å². The van der Waals surface area contributed by atoms with Crippen LogP contribution in [-0.4, -0.2) is 62.2 Å². The van der Waals surface area contributed by atoms with Crippen molar-refractivity contribution in [3.8, 4) is 11.1 Å². The van der Waals surface area contributed by atoms with Crippen LogP contribution < -0.4 is 10.6 Å². The van der Waals surface area contributed by atoms with Gasteiger partial charge in [-0.05, 0) is 22.3 Å². The Bertz CT molecular complexity index is 998. The Morgan fingerprint density at radius 1 is 0.971 bits per heavy atom. The molecule has 0 aromatic heterocycles. The number of amides is 2. The molecule has 0 saturated heterocycles. The van der Waals surface area contributed by atoms with Gasteiger partial charge in [-0.25, -0.2) is 4.79 Å². The first-order valence-corrected chi connectivity index (χ1v) is 10.4. The molecule has 0 spiro atoms. The minimum Gasteiger partial charge on any atom is -0.481 e. The predicted molar refractivity (Wildman–Crippen MR) is 114 cm³/mol. The third-order valence-electron chi connectivity index (χ3n) is 5.29. The van der Waals surface area contributed by atoms with Crippen LogP contribution in [0, 0.1) is 5.92 Å². The minimum atomic E-state index is -4.98. The molecule has 8 nitrogen and oxygen atoms in total. The van der Waals surface area contributed by atoms with Gasteiger partial charge in [0.1, 0.15) is 13.2 Å². The molecule has 1 aliphatic carbocycles. The number of carboxylic acid groups (broad SMARTS) is 1. The van der Waals surface area contributed by atoms with E-state index in [-0.39, 0.29) is 25.7 Å². The quantitative estimate of drug-likeness (QED) is 0.451. The van der Waals surface area contributed by atoms with Gasteiger partial charge in [0.15, 0.2) is 5.92 Å². The number of nitrogens with one attached hydrogen (secondary N) is 2. The fourth-order valence-corrected chi connectivity index (χ4v) is 3.65. The zero-order valence-corrected chi connectivity index (χ0v) is 17.9. The Labute approximate surface area is 193 Å². The standard InChI is InChI=1S/C23H23F3N2O6/c24-23(25,26)19(21(30)31)11-28-20(29)13-33-10-9-27-22(32)34-12-18-16-7-3-1-5-14(16)15-6-2-4-8-17(15)18/h1-8,18-19H,9-13H2,(H,27,32)(H,28,29)(H,30,31). The van der Waals surface area contributed by atoms with Gasteiger partial charge in [0.05, 0.1) is 6.61 Å². The number of benzene rings is 2. The number of hydrogen-bond acceptors (Lipinski definition) is 5. The van der Waals surface area contributed by atoms with Crippen molar-refractivity contribution < 1.29 is 42.1 Å². The van der Waals surface area contributed by atoms with Gasteiger partial charge in [-0.1, -0.05) is 48.5 Å². The van der Waals surface area contributed by atoms with Crippen LogP contribution in [0.25, 0.3) is 11.1 Å². The number of rotatable bonds is 10. The number of halogens is 3. The van der Waals surface area contributed by atoms with Crippen LogP contribution in [0.4, 0.5) is 18.0 Å². The normalized spacial score (nSPS) is 13.5. The van der Waals surface area contributed by atoms with E-state index in [9.17, 15) is 27.6 Å². The number of alkyl carbamates (subject to hydrolysis) is 1. The molecule has 3 rings (SSSR count). The molecule has 1 aliphatic rings. The topological polar surface area (TPSA) is 114 Å². The summed E-state index contributed by atoms with van der Waals surface area (Å²) >= 11 is 0. The van der Waals surface area contributed by atoms with Gasteiger partial charge in [-0.3, -0.25) is 9.59 Å². The molecule has 0 radical (unpaired) electrons. The van der Waals surface area contributed by atoms with Gasteiger partial charge in [0.2, 0.25) is 5.91 Å². The summed E-state index contributed by atoms with van der Waals surface area (Å²) in [5.41, 5.74) is 4.34. The lowest BCUT2D eigenvalue weighted by Gasteiger charge is -2.16. The monoisotopic (exact) mass is 480 g/mol. The Morgan fingerprint density at radius 2 is 1.56 bits per heavy atom. The summed E-state index contributed by atoms with van der Waals surface area (Å²) in [6.07, 6.45) is -5.66. The lowest BCUT2D eigenvalue weighted by atomic mass is 9.98. The van der Waals surface area contributed by atoms with E-state index in [1.54, 1.807) is 0 Å². The second kappa shape index (κ2) is 11.0. The zero-order chi connectivity index (χ0) is 24.7. The molecule has 0 saturated carbocycles. The summed E-state index contributed by atoms with van der Waals surface area (Å²) in [7, 11) is 0. The maximum Gasteiger partial charge on any atom is 0.407 e. The van der Waals surface area contributed by atoms with Crippen molar-refractivity contribution in [1.29, 1.82) is 0 Å². The number of alkyl halides is 3. The van der Waals surface area contributed by atoms with Crippen molar-refractivity contribution in [2.45, 2.75) is 12.1 Å². The summed E-state index contributed by atoms with van der Waals surface area (Å²) in [5.74, 6) is -5.78. The lowest BCUT2D eigenvalue weighted by molar-refractivity contribution is -0.192. The average molecular weight is 480 g/mol. The highest BCUT2D eigenvalue weighted by molar-refractivity contribution is 5.79. The van der Waals surface area contributed by atoms with Gasteiger partial charge in [0, 0.05) is 19.0 Å². The minimum absolute atomic E-state index is 0.00422. The van der Waals surface area contributed by atoms with Crippen molar-refractivity contribution in [3.63, 3.8) is 0 Å². The van der Waals surface area contributed by atoms with E-state index in [0.29, 0.717) is 0 Å². The number of ether oxygens (including phenoxy) is 2. The maximum atomic E-state index is 12.5. The maximum absolute atomic E-state index is 12.5. The molecule has 11 heteroatoms. The fraction of sp³-hybridized carbons (Fsp3) is 0.348. The highest BCUT2D eigenvalue weighted by atomic mass is 19.4. The van der Waals surface area contributed by atoms with E-state index >= 15 is 0 Å². The number of carbonyl (C=O) groups is 3. The molecule has 0 aliphatic heterocycles. The Balaban J connectivity index is 1.35. The molecule has 2 amide bonds. The zero-order valence-electron chi connectivity index (χ0n) is 17.9. The number of fused-ring (bicyclic) bond motifs is 3. The number of hydrogen-bond donors (Lipinski definition) is 3. The SMILES string of the molecule is O=C(COCCNC(=O)OCC1c2ccccc2-c2ccccc21)NCC(C(=O)O)C(F)(F)F. The molecule has 3 N–H and O–H groups in total. The average Bonchev–Trinajstić information content (AvgIpc) is 3.10. The van der Waals surface area contributed by atoms with Crippen molar-refractivity contribution in [2.24, 2.45) is 5.92 Å². The number of carbonyl (C=O) groups excluding carboxylic acids is 2. The predicted octanol–water partition coefficient (Wildman–Crippen LogP) is 2.92. The molecule has 2 aromatic rings. The third-order valence-corrected chi connectivity index (χ3v) is 5.29. The Kier molecular flexibility index (Phi) is 8.11. The summed E-state index contributed by atoms with van der Waals surface area (Å²) in [4.78, 5) is 34.2. The summed E-state index contributed by atoms with van der Waals surface area (Å²) in [5, 5.41) is 12.9. The van der Waals surface area contributed by atoms with Gasteiger partial charge >= 0.3 is 18.2 Å². The van der Waals surface area contributed by atoms with Crippen LogP contribution in [0.5, 0.6) is 0 Å². The van der Waals surface area contributed by atoms with E-state index < -0.39 is 43.2 Å². The van der Waals surface area contributed by atoms with Gasteiger partial charge in [-0.15, -0.1) is 0 Å². The first-order valence-electron chi connectivity index (χ1n) is 10.4. The van der Waals surface area contributed by atoms with E-state index in [4.69, 9.17) is 14.6 Å². The molecule has 0 fully saturated rings. The molecule has 0 heterocycles. The van der Waals surface area contributed by atoms with E-state index in [0.717, 1.165) is 22.3 Å². The van der Waals surface area contributed by atoms with Crippen LogP contribution in [0.15, 0.2) is 48.5 Å². The summed E-state index contributed by atoms with van der Waals surface area (Å²) in [6.45, 7) is -1.65. The van der Waals surface area contributed by atoms with Crippen LogP contribution in [0.3, 0.4) is 0 Å². The second-order valence-corrected chi connectivity index (χ2v) is 7.54. The molecule has 1 atom stereocenters. The highest BCUT2D eigenvalue weighted by Gasteiger charge is 2.45. The summed E-state index contributed by atoms with van der Waals surface area (Å²) < 4.78 is 47.9. The van der Waals surface area contributed by atoms with Crippen molar-refractivity contribution in [1.82, 2.24) is 10.6 Å². The van der Waals surface area contributed by atoms with Crippen LogP contribution in [0.2, 0.25) is 0 Å². The summed E-state index contributed by atoms with van der Waals surface area (Å²) in [6, 6.07) is 15.8. The van der Waals surface area contributed by atoms with Crippen molar-refractivity contribution >= 4 is 18.0 Å². The smallest absolute Gasteiger partial charge is 0.407 e. The molecule has 2 aromatic carbocycles. The Morgan fingerprint density at radius 3 is 2.12 bits per heavy atom. The Hall–Kier alpha value is -3.60. The second-order valence-electron chi connectivity index (χ2n) is 7.54. The first kappa shape index (κ1) is 25.0. The van der Waals surface area contributed by atoms with Crippen molar-refractivity contribution in [3.05, 3.63) is 59.7 Å². The number of aliphatic carboxylic acids is 1. The first-order chi connectivity index (χ1) is 16.2. The van der Waals surface area contributed by atoms with Crippen molar-refractivity contribution in [2.75, 3.05) is 32.9 Å². The fourth-order valence-electron chi connectivity index (χ4n) is 3.65. The largest absolute Gasteiger partial charge is 0.481 e. The molecular weight excluding hydrogens is 457 g/mol. The van der Waals surface area contributed by atoms with Crippen LogP contribution in [0.1, 0.15) is 17.0 Å². The van der Waals surface area contributed by atoms with E-state index in [2.05, 4.69) is 5.32 Å².